The summed E-state index contributed by atoms with van der Waals surface area (Å²) in [5.74, 6) is -1.25. The summed E-state index contributed by atoms with van der Waals surface area (Å²) in [5, 5.41) is 10.1. The normalized spacial score (nSPS) is 10.6. The Morgan fingerprint density at radius 1 is 1.00 bits per heavy atom. The van der Waals surface area contributed by atoms with E-state index in [2.05, 4.69) is 4.98 Å². The van der Waals surface area contributed by atoms with Gasteiger partial charge in [-0.25, -0.2) is 4.98 Å². The van der Waals surface area contributed by atoms with E-state index in [-0.39, 0.29) is 17.1 Å². The van der Waals surface area contributed by atoms with E-state index in [0.29, 0.717) is 33.5 Å². The molecule has 2 aromatic carbocycles. The van der Waals surface area contributed by atoms with Crippen LogP contribution in [-0.2, 0) is 0 Å². The molecule has 0 spiro atoms. The molecule has 0 fully saturated rings. The van der Waals surface area contributed by atoms with Crippen molar-refractivity contribution in [3.63, 3.8) is 0 Å². The van der Waals surface area contributed by atoms with Crippen molar-refractivity contribution in [1.82, 2.24) is 4.98 Å². The average molecular weight is 376 g/mol. The van der Waals surface area contributed by atoms with E-state index in [9.17, 15) is 14.7 Å². The molecule has 0 bridgehead atoms. The van der Waals surface area contributed by atoms with Crippen molar-refractivity contribution in [2.45, 2.75) is 13.8 Å². The SMILES string of the molecule is Cc1ccc(O)c(C)c1-c1cc(-c2cccc(C(N)=O)c2)nc(C(N)=O)c1N. The molecule has 0 aliphatic rings. The van der Waals surface area contributed by atoms with Gasteiger partial charge in [-0.05, 0) is 54.8 Å². The molecule has 1 aromatic heterocycles. The number of primary amides is 2. The molecule has 7 N–H and O–H groups in total. The fraction of sp³-hybridized carbons (Fsp3) is 0.0952. The van der Waals surface area contributed by atoms with Gasteiger partial charge in [0.25, 0.3) is 5.91 Å². The van der Waals surface area contributed by atoms with Crippen molar-refractivity contribution >= 4 is 17.5 Å². The zero-order chi connectivity index (χ0) is 20.6. The summed E-state index contributed by atoms with van der Waals surface area (Å²) >= 11 is 0. The number of phenols is 1. The Morgan fingerprint density at radius 2 is 1.71 bits per heavy atom. The topological polar surface area (TPSA) is 145 Å². The van der Waals surface area contributed by atoms with Gasteiger partial charge in [-0.2, -0.15) is 0 Å². The molecule has 7 heteroatoms. The van der Waals surface area contributed by atoms with E-state index in [1.54, 1.807) is 49.4 Å². The molecule has 3 rings (SSSR count). The van der Waals surface area contributed by atoms with Gasteiger partial charge in [-0.1, -0.05) is 18.2 Å². The van der Waals surface area contributed by atoms with Crippen LogP contribution in [-0.4, -0.2) is 21.9 Å². The number of aryl methyl sites for hydroxylation is 1. The van der Waals surface area contributed by atoms with Gasteiger partial charge in [0.05, 0.1) is 11.4 Å². The Morgan fingerprint density at radius 3 is 2.36 bits per heavy atom. The van der Waals surface area contributed by atoms with Crippen LogP contribution >= 0.6 is 0 Å². The number of amides is 2. The van der Waals surface area contributed by atoms with Gasteiger partial charge in [0.2, 0.25) is 5.91 Å². The first-order valence-corrected chi connectivity index (χ1v) is 8.50. The van der Waals surface area contributed by atoms with Crippen LogP contribution in [0.3, 0.4) is 0 Å². The molecule has 7 nitrogen and oxygen atoms in total. The van der Waals surface area contributed by atoms with Crippen LogP contribution in [0.15, 0.2) is 42.5 Å². The van der Waals surface area contributed by atoms with Gasteiger partial charge in [0.15, 0.2) is 5.69 Å². The van der Waals surface area contributed by atoms with Crippen LogP contribution in [0.1, 0.15) is 32.0 Å². The summed E-state index contributed by atoms with van der Waals surface area (Å²) in [6.45, 7) is 3.63. The van der Waals surface area contributed by atoms with Gasteiger partial charge >= 0.3 is 0 Å². The van der Waals surface area contributed by atoms with Gasteiger partial charge < -0.3 is 22.3 Å². The fourth-order valence-electron chi connectivity index (χ4n) is 3.18. The molecule has 0 saturated heterocycles. The number of rotatable bonds is 4. The third kappa shape index (κ3) is 3.25. The molecule has 3 aromatic rings. The Balaban J connectivity index is 2.34. The van der Waals surface area contributed by atoms with E-state index < -0.39 is 11.8 Å². The van der Waals surface area contributed by atoms with E-state index in [4.69, 9.17) is 17.2 Å². The lowest BCUT2D eigenvalue weighted by atomic mass is 9.92. The number of anilines is 1. The van der Waals surface area contributed by atoms with Crippen molar-refractivity contribution in [3.05, 3.63) is 64.8 Å². The van der Waals surface area contributed by atoms with Gasteiger partial charge in [-0.15, -0.1) is 0 Å². The Kier molecular flexibility index (Phi) is 4.75. The number of aromatic nitrogens is 1. The molecule has 1 heterocycles. The molecule has 0 aliphatic heterocycles. The summed E-state index contributed by atoms with van der Waals surface area (Å²) in [5.41, 5.74) is 21.1. The number of nitrogen functional groups attached to an aromatic ring is 1. The average Bonchev–Trinajstić information content (AvgIpc) is 2.66. The number of carbonyl (C=O) groups is 2. The molecule has 0 unspecified atom stereocenters. The Labute approximate surface area is 161 Å². The summed E-state index contributed by atoms with van der Waals surface area (Å²) in [6, 6.07) is 11.6. The Bertz CT molecular complexity index is 1120. The van der Waals surface area contributed by atoms with Gasteiger partial charge in [0.1, 0.15) is 5.75 Å². The van der Waals surface area contributed by atoms with E-state index in [1.807, 2.05) is 6.92 Å². The molecular weight excluding hydrogens is 356 g/mol. The molecule has 28 heavy (non-hydrogen) atoms. The highest BCUT2D eigenvalue weighted by atomic mass is 16.3. The van der Waals surface area contributed by atoms with Crippen LogP contribution in [0, 0.1) is 13.8 Å². The number of nitrogens with zero attached hydrogens (tertiary/aromatic N) is 1. The smallest absolute Gasteiger partial charge is 0.269 e. The summed E-state index contributed by atoms with van der Waals surface area (Å²) < 4.78 is 0. The molecular formula is C21H20N4O3. The summed E-state index contributed by atoms with van der Waals surface area (Å²) in [4.78, 5) is 27.8. The zero-order valence-corrected chi connectivity index (χ0v) is 15.5. The zero-order valence-electron chi connectivity index (χ0n) is 15.5. The third-order valence-electron chi connectivity index (χ3n) is 4.65. The first-order chi connectivity index (χ1) is 13.2. The second-order valence-electron chi connectivity index (χ2n) is 6.53. The van der Waals surface area contributed by atoms with E-state index in [1.165, 1.54) is 0 Å². The van der Waals surface area contributed by atoms with Crippen molar-refractivity contribution in [2.24, 2.45) is 11.5 Å². The Hall–Kier alpha value is -3.87. The largest absolute Gasteiger partial charge is 0.508 e. The quantitative estimate of drug-likeness (QED) is 0.553. The molecule has 0 aliphatic carbocycles. The highest BCUT2D eigenvalue weighted by Gasteiger charge is 2.20. The molecule has 0 saturated carbocycles. The minimum Gasteiger partial charge on any atom is -0.508 e. The summed E-state index contributed by atoms with van der Waals surface area (Å²) in [6.07, 6.45) is 0. The van der Waals surface area contributed by atoms with Crippen molar-refractivity contribution in [3.8, 4) is 28.1 Å². The highest BCUT2D eigenvalue weighted by molar-refractivity contribution is 6.01. The molecule has 142 valence electrons. The summed E-state index contributed by atoms with van der Waals surface area (Å²) in [7, 11) is 0. The van der Waals surface area contributed by atoms with Crippen LogP contribution in [0.4, 0.5) is 5.69 Å². The van der Waals surface area contributed by atoms with Gasteiger partial charge in [0, 0.05) is 16.7 Å². The maximum Gasteiger partial charge on any atom is 0.269 e. The standard InChI is InChI=1S/C21H20N4O3/c1-10-6-7-16(26)11(2)17(10)14-9-15(25-19(18(14)22)21(24)28)12-4-3-5-13(8-12)20(23)27/h3-9,26H,22H2,1-2H3,(H2,23,27)(H2,24,28). The lowest BCUT2D eigenvalue weighted by molar-refractivity contribution is 0.0989. The highest BCUT2D eigenvalue weighted by Crippen LogP contribution is 2.38. The third-order valence-corrected chi connectivity index (χ3v) is 4.65. The minimum absolute atomic E-state index is 0.0841. The number of benzene rings is 2. The second kappa shape index (κ2) is 7.03. The first-order valence-electron chi connectivity index (χ1n) is 8.50. The number of hydrogen-bond donors (Lipinski definition) is 4. The van der Waals surface area contributed by atoms with Crippen molar-refractivity contribution in [2.75, 3.05) is 5.73 Å². The lowest BCUT2D eigenvalue weighted by Gasteiger charge is -2.17. The predicted molar refractivity (Wildman–Crippen MR) is 108 cm³/mol. The monoisotopic (exact) mass is 376 g/mol. The maximum absolute atomic E-state index is 12.0. The van der Waals surface area contributed by atoms with Crippen LogP contribution in [0.25, 0.3) is 22.4 Å². The lowest BCUT2D eigenvalue weighted by Crippen LogP contribution is -2.17. The van der Waals surface area contributed by atoms with Crippen LogP contribution in [0.5, 0.6) is 5.75 Å². The number of carbonyl (C=O) groups excluding carboxylic acids is 2. The number of aromatic hydroxyl groups is 1. The predicted octanol–water partition coefficient (Wildman–Crippen LogP) is 2.52. The van der Waals surface area contributed by atoms with E-state index in [0.717, 1.165) is 5.56 Å². The first kappa shape index (κ1) is 18.9. The molecule has 2 amide bonds. The minimum atomic E-state index is -0.776. The van der Waals surface area contributed by atoms with Crippen LogP contribution in [0.2, 0.25) is 0 Å². The van der Waals surface area contributed by atoms with Crippen molar-refractivity contribution < 1.29 is 14.7 Å². The second-order valence-corrected chi connectivity index (χ2v) is 6.53. The molecule has 0 radical (unpaired) electrons. The van der Waals surface area contributed by atoms with Crippen LogP contribution < -0.4 is 17.2 Å². The maximum atomic E-state index is 12.0. The number of phenolic OH excluding ortho intramolecular Hbond substituents is 1. The number of pyridine rings is 1. The fourth-order valence-corrected chi connectivity index (χ4v) is 3.18. The number of nitrogens with two attached hydrogens (primary N) is 3. The van der Waals surface area contributed by atoms with Crippen molar-refractivity contribution in [1.29, 1.82) is 0 Å². The molecule has 0 atom stereocenters. The van der Waals surface area contributed by atoms with Gasteiger partial charge in [-0.3, -0.25) is 9.59 Å². The van der Waals surface area contributed by atoms with E-state index >= 15 is 0 Å². The number of hydrogen-bond acceptors (Lipinski definition) is 5.